The lowest BCUT2D eigenvalue weighted by Crippen LogP contribution is -2.57. The maximum atomic E-state index is 13.2. The van der Waals surface area contributed by atoms with E-state index in [-0.39, 0.29) is 13.0 Å². The van der Waals surface area contributed by atoms with Gasteiger partial charge in [0.25, 0.3) is 12.3 Å². The largest absolute Gasteiger partial charge is 0.383 e. The molecule has 24 heavy (non-hydrogen) atoms. The molecule has 0 saturated carbocycles. The lowest BCUT2D eigenvalue weighted by Gasteiger charge is -2.40. The van der Waals surface area contributed by atoms with Crippen molar-refractivity contribution in [2.75, 3.05) is 0 Å². The Morgan fingerprint density at radius 3 is 2.71 bits per heavy atom. The number of aromatic amines is 1. The number of aliphatic hydroxyl groups is 1. The minimum absolute atomic E-state index is 0.105. The van der Waals surface area contributed by atoms with Crippen LogP contribution in [0.3, 0.4) is 0 Å². The van der Waals surface area contributed by atoms with E-state index in [1.54, 1.807) is 18.5 Å². The van der Waals surface area contributed by atoms with Crippen molar-refractivity contribution in [2.45, 2.75) is 38.8 Å². The van der Waals surface area contributed by atoms with E-state index in [4.69, 9.17) is 5.21 Å². The van der Waals surface area contributed by atoms with Gasteiger partial charge in [-0.15, -0.1) is 0 Å². The van der Waals surface area contributed by atoms with Crippen LogP contribution in [0.4, 0.5) is 8.78 Å². The van der Waals surface area contributed by atoms with E-state index < -0.39 is 23.3 Å². The topological polar surface area (TPSA) is 103 Å². The molecule has 0 saturated heterocycles. The molecule has 2 aromatic rings. The highest BCUT2D eigenvalue weighted by atomic mass is 19.3. The van der Waals surface area contributed by atoms with Crippen molar-refractivity contribution in [3.05, 3.63) is 30.6 Å². The predicted molar refractivity (Wildman–Crippen MR) is 81.3 cm³/mol. The first-order valence-corrected chi connectivity index (χ1v) is 7.34. The quantitative estimate of drug-likeness (QED) is 0.455. The second-order valence-corrected chi connectivity index (χ2v) is 6.02. The van der Waals surface area contributed by atoms with Crippen LogP contribution in [0.2, 0.25) is 0 Å². The van der Waals surface area contributed by atoms with E-state index in [2.05, 4.69) is 10.1 Å². The first kappa shape index (κ1) is 18.1. The highest BCUT2D eigenvalue weighted by Crippen LogP contribution is 2.39. The van der Waals surface area contributed by atoms with E-state index >= 15 is 0 Å². The Hall–Kier alpha value is -2.26. The lowest BCUT2D eigenvalue weighted by atomic mass is 9.71. The molecule has 0 bridgehead atoms. The molecule has 0 aliphatic heterocycles. The molecule has 0 spiro atoms. The number of hydrogen-bond acceptors (Lipinski definition) is 4. The van der Waals surface area contributed by atoms with E-state index in [1.165, 1.54) is 17.1 Å². The highest BCUT2D eigenvalue weighted by molar-refractivity contribution is 5.82. The Kier molecular flexibility index (Phi) is 5.05. The van der Waals surface area contributed by atoms with Crippen molar-refractivity contribution in [2.24, 2.45) is 5.41 Å². The van der Waals surface area contributed by atoms with Crippen molar-refractivity contribution in [1.29, 1.82) is 0 Å². The molecule has 2 atom stereocenters. The van der Waals surface area contributed by atoms with E-state index in [0.717, 1.165) is 12.6 Å². The molecule has 0 aliphatic carbocycles. The van der Waals surface area contributed by atoms with Gasteiger partial charge >= 0.3 is 0 Å². The Balaban J connectivity index is 2.18. The minimum Gasteiger partial charge on any atom is -0.383 e. The molecule has 0 aliphatic rings. The van der Waals surface area contributed by atoms with E-state index in [9.17, 15) is 18.7 Å². The zero-order valence-electron chi connectivity index (χ0n) is 13.3. The average molecular weight is 342 g/mol. The van der Waals surface area contributed by atoms with Crippen LogP contribution in [0.1, 0.15) is 20.3 Å². The number of hydroxylamine groups is 1. The molecule has 0 aromatic carbocycles. The third-order valence-corrected chi connectivity index (χ3v) is 4.50. The summed E-state index contributed by atoms with van der Waals surface area (Å²) in [5.41, 5.74) is -1.70. The molecule has 2 heterocycles. The summed E-state index contributed by atoms with van der Waals surface area (Å²) >= 11 is 0. The summed E-state index contributed by atoms with van der Waals surface area (Å²) in [6.07, 6.45) is 0.0798. The molecule has 132 valence electrons. The van der Waals surface area contributed by atoms with Gasteiger partial charge in [-0.05, 0) is 38.5 Å². The number of H-pyrrole nitrogens is 1. The van der Waals surface area contributed by atoms with Gasteiger partial charge in [0.1, 0.15) is 11.3 Å². The minimum atomic E-state index is -3.16. The number of carbonyl (C=O) groups excluding carboxylic acids is 1. The fraction of sp³-hybridized carbons (Fsp3) is 0.467. The number of hydrogen-bond donors (Lipinski definition) is 4. The number of nitrogens with zero attached hydrogens (tertiary/aromatic N) is 2. The monoisotopic (exact) mass is 342 g/mol. The molecule has 9 heteroatoms. The van der Waals surface area contributed by atoms with Gasteiger partial charge in [-0.1, -0.05) is 0 Å². The number of amides is 1. The van der Waals surface area contributed by atoms with Gasteiger partial charge in [-0.25, -0.2) is 14.3 Å². The number of halogens is 2. The van der Waals surface area contributed by atoms with Gasteiger partial charge in [0.15, 0.2) is 0 Å². The number of alkyl halides is 2. The standard InChI is InChI=1S/C15H20F2N4O3/c1-14(13(22)20-24,15(2,23)12(16)17)6-9-21-8-5-11(19-21)10-4-3-7-18-10/h3-5,7-8,12,18,23-24H,6,9H2,1-2H3,(H,20,22). The SMILES string of the molecule is CC(CCn1ccc(-c2ccc[nH]2)n1)(C(=O)NO)C(C)(O)C(F)F. The lowest BCUT2D eigenvalue weighted by molar-refractivity contribution is -0.183. The zero-order chi connectivity index (χ0) is 18.0. The Morgan fingerprint density at radius 2 is 2.17 bits per heavy atom. The summed E-state index contributed by atoms with van der Waals surface area (Å²) in [6.45, 7) is 2.16. The normalized spacial score (nSPS) is 16.6. The second kappa shape index (κ2) is 6.70. The smallest absolute Gasteiger partial charge is 0.267 e. The zero-order valence-corrected chi connectivity index (χ0v) is 13.3. The maximum absolute atomic E-state index is 13.2. The maximum Gasteiger partial charge on any atom is 0.267 e. The molecular weight excluding hydrogens is 322 g/mol. The van der Waals surface area contributed by atoms with Crippen LogP contribution in [-0.4, -0.2) is 43.0 Å². The summed E-state index contributed by atoms with van der Waals surface area (Å²) in [5, 5.41) is 23.2. The van der Waals surface area contributed by atoms with Gasteiger partial charge in [0.05, 0.1) is 11.1 Å². The van der Waals surface area contributed by atoms with Gasteiger partial charge in [-0.3, -0.25) is 14.7 Å². The summed E-state index contributed by atoms with van der Waals surface area (Å²) in [4.78, 5) is 14.9. The molecule has 7 nitrogen and oxygen atoms in total. The summed E-state index contributed by atoms with van der Waals surface area (Å²) in [7, 11) is 0. The Bertz CT molecular complexity index is 685. The van der Waals surface area contributed by atoms with E-state index in [0.29, 0.717) is 5.69 Å². The molecule has 0 radical (unpaired) electrons. The van der Waals surface area contributed by atoms with Gasteiger partial charge < -0.3 is 10.1 Å². The molecule has 1 amide bonds. The van der Waals surface area contributed by atoms with Crippen LogP contribution < -0.4 is 5.48 Å². The van der Waals surface area contributed by atoms with E-state index in [1.807, 2.05) is 12.1 Å². The molecule has 4 N–H and O–H groups in total. The van der Waals surface area contributed by atoms with Crippen LogP contribution in [0, 0.1) is 5.41 Å². The van der Waals surface area contributed by atoms with Crippen LogP contribution in [0.25, 0.3) is 11.4 Å². The van der Waals surface area contributed by atoms with Crippen LogP contribution in [-0.2, 0) is 11.3 Å². The first-order chi connectivity index (χ1) is 11.2. The van der Waals surface area contributed by atoms with Crippen molar-refractivity contribution >= 4 is 5.91 Å². The third kappa shape index (κ3) is 3.17. The number of nitrogens with one attached hydrogen (secondary N) is 2. The van der Waals surface area contributed by atoms with Crippen molar-refractivity contribution in [3.63, 3.8) is 0 Å². The van der Waals surface area contributed by atoms with Crippen molar-refractivity contribution < 1.29 is 23.9 Å². The predicted octanol–water partition coefficient (Wildman–Crippen LogP) is 1.80. The molecule has 2 rings (SSSR count). The number of aromatic nitrogens is 3. The van der Waals surface area contributed by atoms with Crippen LogP contribution in [0.5, 0.6) is 0 Å². The fourth-order valence-electron chi connectivity index (χ4n) is 2.42. The molecule has 2 unspecified atom stereocenters. The van der Waals surface area contributed by atoms with Crippen LogP contribution >= 0.6 is 0 Å². The first-order valence-electron chi connectivity index (χ1n) is 7.34. The Morgan fingerprint density at radius 1 is 1.46 bits per heavy atom. The summed E-state index contributed by atoms with van der Waals surface area (Å²) in [6, 6.07) is 5.38. The molecular formula is C15H20F2N4O3. The van der Waals surface area contributed by atoms with Gasteiger partial charge in [0, 0.05) is 18.9 Å². The second-order valence-electron chi connectivity index (χ2n) is 6.02. The van der Waals surface area contributed by atoms with Crippen molar-refractivity contribution in [1.82, 2.24) is 20.2 Å². The number of aryl methyl sites for hydroxylation is 1. The van der Waals surface area contributed by atoms with Gasteiger partial charge in [0.2, 0.25) is 0 Å². The van der Waals surface area contributed by atoms with Crippen LogP contribution in [0.15, 0.2) is 30.6 Å². The number of carbonyl (C=O) groups is 1. The van der Waals surface area contributed by atoms with Crippen molar-refractivity contribution in [3.8, 4) is 11.4 Å². The summed E-state index contributed by atoms with van der Waals surface area (Å²) < 4.78 is 27.9. The van der Waals surface area contributed by atoms with Gasteiger partial charge in [-0.2, -0.15) is 5.10 Å². The third-order valence-electron chi connectivity index (χ3n) is 4.50. The average Bonchev–Trinajstić information content (AvgIpc) is 3.22. The fourth-order valence-corrected chi connectivity index (χ4v) is 2.42. The molecule has 0 fully saturated rings. The summed E-state index contributed by atoms with van der Waals surface area (Å²) in [5.74, 6) is -1.08. The Labute approximate surface area is 137 Å². The highest BCUT2D eigenvalue weighted by Gasteiger charge is 2.54. The number of rotatable bonds is 7. The molecule has 2 aromatic heterocycles.